The molecule has 0 aliphatic rings. The van der Waals surface area contributed by atoms with E-state index in [-0.39, 0.29) is 0 Å². The first-order valence-corrected chi connectivity index (χ1v) is 8.43. The number of rotatable bonds is 3. The zero-order valence-electron chi connectivity index (χ0n) is 14.3. The fourth-order valence-corrected chi connectivity index (χ4v) is 2.97. The van der Waals surface area contributed by atoms with Crippen molar-refractivity contribution in [3.8, 4) is 22.5 Å². The zero-order valence-corrected chi connectivity index (χ0v) is 14.3. The molecule has 0 fully saturated rings. The standard InChI is InChI=1S/C21H20N4/c1-14(2)16-4-3-5-17(12-16)18-8-11-20-23-24-21(25(20)13-18)15-6-9-19(22)10-7-15/h3-14H,22H2,1-2H3. The van der Waals surface area contributed by atoms with Gasteiger partial charge in [-0.05, 0) is 59.0 Å². The van der Waals surface area contributed by atoms with Gasteiger partial charge in [-0.3, -0.25) is 4.40 Å². The lowest BCUT2D eigenvalue weighted by molar-refractivity contribution is 0.867. The van der Waals surface area contributed by atoms with Gasteiger partial charge in [0.15, 0.2) is 11.5 Å². The summed E-state index contributed by atoms with van der Waals surface area (Å²) in [6, 6.07) is 20.5. The number of benzene rings is 2. The van der Waals surface area contributed by atoms with Crippen LogP contribution in [0, 0.1) is 0 Å². The molecular formula is C21H20N4. The highest BCUT2D eigenvalue weighted by Gasteiger charge is 2.10. The van der Waals surface area contributed by atoms with E-state index < -0.39 is 0 Å². The Bertz CT molecular complexity index is 1030. The maximum absolute atomic E-state index is 5.79. The number of anilines is 1. The van der Waals surface area contributed by atoms with Crippen LogP contribution in [0.5, 0.6) is 0 Å². The van der Waals surface area contributed by atoms with Gasteiger partial charge in [-0.2, -0.15) is 0 Å². The molecule has 0 atom stereocenters. The van der Waals surface area contributed by atoms with Crippen molar-refractivity contribution in [2.75, 3.05) is 5.73 Å². The van der Waals surface area contributed by atoms with Gasteiger partial charge in [-0.1, -0.05) is 38.1 Å². The monoisotopic (exact) mass is 328 g/mol. The second kappa shape index (κ2) is 6.06. The molecule has 4 heteroatoms. The number of aromatic nitrogens is 3. The van der Waals surface area contributed by atoms with Gasteiger partial charge in [-0.15, -0.1) is 10.2 Å². The van der Waals surface area contributed by atoms with Gasteiger partial charge < -0.3 is 5.73 Å². The Hall–Kier alpha value is -3.14. The third-order valence-corrected chi connectivity index (χ3v) is 4.46. The molecule has 25 heavy (non-hydrogen) atoms. The molecule has 0 saturated heterocycles. The summed E-state index contributed by atoms with van der Waals surface area (Å²) in [7, 11) is 0. The molecule has 0 spiro atoms. The number of nitrogens with zero attached hydrogens (tertiary/aromatic N) is 3. The van der Waals surface area contributed by atoms with Crippen molar-refractivity contribution in [2.45, 2.75) is 19.8 Å². The van der Waals surface area contributed by atoms with Gasteiger partial charge >= 0.3 is 0 Å². The Labute approximate surface area is 147 Å². The van der Waals surface area contributed by atoms with Crippen LogP contribution >= 0.6 is 0 Å². The average Bonchev–Trinajstić information content (AvgIpc) is 3.05. The predicted octanol–water partition coefficient (Wildman–Crippen LogP) is 4.77. The molecule has 0 unspecified atom stereocenters. The van der Waals surface area contributed by atoms with Crippen LogP contribution in [0.3, 0.4) is 0 Å². The minimum absolute atomic E-state index is 0.504. The lowest BCUT2D eigenvalue weighted by Gasteiger charge is -2.09. The van der Waals surface area contributed by atoms with Gasteiger partial charge in [0.05, 0.1) is 0 Å². The van der Waals surface area contributed by atoms with E-state index in [1.165, 1.54) is 11.1 Å². The Kier molecular flexibility index (Phi) is 3.73. The number of hydrogen-bond donors (Lipinski definition) is 1. The SMILES string of the molecule is CC(C)c1cccc(-c2ccc3nnc(-c4ccc(N)cc4)n3c2)c1. The summed E-state index contributed by atoms with van der Waals surface area (Å²) in [6.45, 7) is 4.42. The molecule has 2 heterocycles. The molecule has 2 aromatic heterocycles. The van der Waals surface area contributed by atoms with Crippen LogP contribution in [-0.2, 0) is 0 Å². The lowest BCUT2D eigenvalue weighted by Crippen LogP contribution is -1.93. The van der Waals surface area contributed by atoms with Crippen molar-refractivity contribution in [3.05, 3.63) is 72.4 Å². The van der Waals surface area contributed by atoms with Gasteiger partial charge in [0.25, 0.3) is 0 Å². The number of fused-ring (bicyclic) bond motifs is 1. The lowest BCUT2D eigenvalue weighted by atomic mass is 9.98. The Morgan fingerprint density at radius 3 is 2.36 bits per heavy atom. The fourth-order valence-electron chi connectivity index (χ4n) is 2.97. The van der Waals surface area contributed by atoms with E-state index in [2.05, 4.69) is 60.6 Å². The Morgan fingerprint density at radius 2 is 1.60 bits per heavy atom. The number of hydrogen-bond acceptors (Lipinski definition) is 3. The molecule has 0 aliphatic heterocycles. The van der Waals surface area contributed by atoms with Crippen LogP contribution in [0.1, 0.15) is 25.3 Å². The quantitative estimate of drug-likeness (QED) is 0.551. The summed E-state index contributed by atoms with van der Waals surface area (Å²) in [5.41, 5.74) is 12.0. The largest absolute Gasteiger partial charge is 0.399 e. The first kappa shape index (κ1) is 15.4. The first-order chi connectivity index (χ1) is 12.1. The van der Waals surface area contributed by atoms with E-state index in [0.29, 0.717) is 5.92 Å². The number of nitrogens with two attached hydrogens (primary N) is 1. The summed E-state index contributed by atoms with van der Waals surface area (Å²) in [5.74, 6) is 1.32. The van der Waals surface area contributed by atoms with Crippen molar-refractivity contribution in [1.82, 2.24) is 14.6 Å². The second-order valence-electron chi connectivity index (χ2n) is 6.57. The zero-order chi connectivity index (χ0) is 17.4. The second-order valence-corrected chi connectivity index (χ2v) is 6.57. The summed E-state index contributed by atoms with van der Waals surface area (Å²) in [4.78, 5) is 0. The molecule has 0 amide bonds. The van der Waals surface area contributed by atoms with E-state index in [1.54, 1.807) is 0 Å². The maximum Gasteiger partial charge on any atom is 0.168 e. The van der Waals surface area contributed by atoms with E-state index >= 15 is 0 Å². The minimum Gasteiger partial charge on any atom is -0.399 e. The topological polar surface area (TPSA) is 56.2 Å². The minimum atomic E-state index is 0.504. The van der Waals surface area contributed by atoms with Crippen LogP contribution in [0.2, 0.25) is 0 Å². The molecule has 2 aromatic carbocycles. The van der Waals surface area contributed by atoms with Crippen LogP contribution in [-0.4, -0.2) is 14.6 Å². The first-order valence-electron chi connectivity index (χ1n) is 8.43. The molecule has 0 radical (unpaired) electrons. The Morgan fingerprint density at radius 1 is 0.840 bits per heavy atom. The summed E-state index contributed by atoms with van der Waals surface area (Å²) in [5, 5.41) is 8.63. The summed E-state index contributed by atoms with van der Waals surface area (Å²) < 4.78 is 2.03. The predicted molar refractivity (Wildman–Crippen MR) is 102 cm³/mol. The molecule has 0 saturated carbocycles. The smallest absolute Gasteiger partial charge is 0.168 e. The van der Waals surface area contributed by atoms with E-state index in [4.69, 9.17) is 5.73 Å². The molecule has 4 rings (SSSR count). The third-order valence-electron chi connectivity index (χ3n) is 4.46. The van der Waals surface area contributed by atoms with Crippen molar-refractivity contribution >= 4 is 11.3 Å². The average molecular weight is 328 g/mol. The van der Waals surface area contributed by atoms with Crippen LogP contribution in [0.4, 0.5) is 5.69 Å². The summed E-state index contributed by atoms with van der Waals surface area (Å²) >= 11 is 0. The van der Waals surface area contributed by atoms with Gasteiger partial charge in [0.1, 0.15) is 0 Å². The van der Waals surface area contributed by atoms with Gasteiger partial charge in [0, 0.05) is 17.4 Å². The van der Waals surface area contributed by atoms with Crippen molar-refractivity contribution in [2.24, 2.45) is 0 Å². The van der Waals surface area contributed by atoms with Crippen LogP contribution in [0.25, 0.3) is 28.2 Å². The maximum atomic E-state index is 5.79. The fraction of sp³-hybridized carbons (Fsp3) is 0.143. The van der Waals surface area contributed by atoms with E-state index in [1.807, 2.05) is 34.7 Å². The molecule has 2 N–H and O–H groups in total. The highest BCUT2D eigenvalue weighted by molar-refractivity contribution is 5.68. The Balaban J connectivity index is 1.83. The third kappa shape index (κ3) is 2.87. The number of nitrogen functional groups attached to an aromatic ring is 1. The highest BCUT2D eigenvalue weighted by Crippen LogP contribution is 2.26. The van der Waals surface area contributed by atoms with Crippen LogP contribution in [0.15, 0.2) is 66.9 Å². The molecule has 4 aromatic rings. The summed E-state index contributed by atoms with van der Waals surface area (Å²) in [6.07, 6.45) is 2.10. The molecule has 4 nitrogen and oxygen atoms in total. The van der Waals surface area contributed by atoms with E-state index in [9.17, 15) is 0 Å². The molecule has 124 valence electrons. The molecule has 0 bridgehead atoms. The van der Waals surface area contributed by atoms with Crippen LogP contribution < -0.4 is 5.73 Å². The normalized spacial score (nSPS) is 11.3. The molecule has 0 aliphatic carbocycles. The molecular weight excluding hydrogens is 308 g/mol. The van der Waals surface area contributed by atoms with E-state index in [0.717, 1.165) is 28.3 Å². The highest BCUT2D eigenvalue weighted by atomic mass is 15.2. The van der Waals surface area contributed by atoms with Crippen molar-refractivity contribution in [1.29, 1.82) is 0 Å². The van der Waals surface area contributed by atoms with Crippen molar-refractivity contribution < 1.29 is 0 Å². The van der Waals surface area contributed by atoms with Gasteiger partial charge in [-0.25, -0.2) is 0 Å². The van der Waals surface area contributed by atoms with Crippen molar-refractivity contribution in [3.63, 3.8) is 0 Å². The van der Waals surface area contributed by atoms with Gasteiger partial charge in [0.2, 0.25) is 0 Å². The number of pyridine rings is 1.